The lowest BCUT2D eigenvalue weighted by atomic mass is 10.0. The Morgan fingerprint density at radius 2 is 2.08 bits per heavy atom. The highest BCUT2D eigenvalue weighted by atomic mass is 79.9. The van der Waals surface area contributed by atoms with Crippen LogP contribution in [-0.4, -0.2) is 22.6 Å². The summed E-state index contributed by atoms with van der Waals surface area (Å²) in [5.74, 6) is -0.0831. The number of hydrogen-bond donors (Lipinski definition) is 1. The van der Waals surface area contributed by atoms with Crippen LogP contribution in [0.15, 0.2) is 28.2 Å². The van der Waals surface area contributed by atoms with Crippen LogP contribution in [0.4, 0.5) is 0 Å². The van der Waals surface area contributed by atoms with Gasteiger partial charge >= 0.3 is 0 Å². The second kappa shape index (κ2) is 8.24. The standard InChI is InChI=1S/C20H21BrN2O3/c1-5-6-23-12(2)7-16(13(23)3)19(24)15(11-22)8-14-9-17(21)20(25)18(10-14)26-4/h7-10,25H,5-6H2,1-4H3/b15-8+. The lowest BCUT2D eigenvalue weighted by Crippen LogP contribution is -2.06. The molecule has 5 nitrogen and oxygen atoms in total. The molecule has 0 atom stereocenters. The molecule has 1 heterocycles. The number of phenolic OH excluding ortho intramolecular Hbond substituents is 1. The number of ketones is 1. The number of allylic oxidation sites excluding steroid dienone is 1. The summed E-state index contributed by atoms with van der Waals surface area (Å²) in [6.45, 7) is 6.76. The summed E-state index contributed by atoms with van der Waals surface area (Å²) in [6.07, 6.45) is 2.47. The largest absolute Gasteiger partial charge is 0.503 e. The molecule has 0 saturated carbocycles. The smallest absolute Gasteiger partial charge is 0.205 e. The Bertz CT molecular complexity index is 920. The Balaban J connectivity index is 2.48. The maximum atomic E-state index is 12.9. The number of rotatable bonds is 6. The number of benzene rings is 1. The summed E-state index contributed by atoms with van der Waals surface area (Å²) >= 11 is 3.24. The van der Waals surface area contributed by atoms with Crippen LogP contribution >= 0.6 is 15.9 Å². The normalized spacial score (nSPS) is 11.3. The third-order valence-corrected chi connectivity index (χ3v) is 4.82. The molecule has 0 bridgehead atoms. The van der Waals surface area contributed by atoms with Crippen LogP contribution in [0, 0.1) is 25.2 Å². The van der Waals surface area contributed by atoms with Crippen LogP contribution < -0.4 is 4.74 Å². The lowest BCUT2D eigenvalue weighted by Gasteiger charge is -2.08. The van der Waals surface area contributed by atoms with Crippen LogP contribution in [0.1, 0.15) is 40.7 Å². The first kappa shape index (κ1) is 19.8. The zero-order valence-electron chi connectivity index (χ0n) is 15.3. The van der Waals surface area contributed by atoms with E-state index in [0.29, 0.717) is 15.6 Å². The van der Waals surface area contributed by atoms with Crippen molar-refractivity contribution >= 4 is 27.8 Å². The maximum absolute atomic E-state index is 12.9. The quantitative estimate of drug-likeness (QED) is 0.417. The van der Waals surface area contributed by atoms with Crippen LogP contribution in [0.25, 0.3) is 6.08 Å². The molecule has 0 unspecified atom stereocenters. The third kappa shape index (κ3) is 3.83. The molecular formula is C20H21BrN2O3. The van der Waals surface area contributed by atoms with Gasteiger partial charge in [-0.3, -0.25) is 4.79 Å². The Hall–Kier alpha value is -2.52. The average Bonchev–Trinajstić information content (AvgIpc) is 2.90. The summed E-state index contributed by atoms with van der Waals surface area (Å²) in [4.78, 5) is 12.9. The number of phenols is 1. The number of hydrogen-bond acceptors (Lipinski definition) is 4. The van der Waals surface area contributed by atoms with E-state index in [1.807, 2.05) is 26.0 Å². The first-order chi connectivity index (χ1) is 12.3. The summed E-state index contributed by atoms with van der Waals surface area (Å²) in [5.41, 5.74) is 3.01. The first-order valence-corrected chi connectivity index (χ1v) is 9.03. The number of aryl methyl sites for hydroxylation is 1. The SMILES string of the molecule is CCCn1c(C)cc(C(=O)/C(C#N)=C/c2cc(Br)c(O)c(OC)c2)c1C. The average molecular weight is 417 g/mol. The molecule has 2 rings (SSSR count). The van der Waals surface area contributed by atoms with E-state index in [2.05, 4.69) is 27.4 Å². The van der Waals surface area contributed by atoms with E-state index >= 15 is 0 Å². The topological polar surface area (TPSA) is 75.2 Å². The maximum Gasteiger partial charge on any atom is 0.205 e. The zero-order valence-corrected chi connectivity index (χ0v) is 16.8. The number of carbonyl (C=O) groups is 1. The fourth-order valence-corrected chi connectivity index (χ4v) is 3.35. The number of aromatic nitrogens is 1. The fraction of sp³-hybridized carbons (Fsp3) is 0.300. The summed E-state index contributed by atoms with van der Waals surface area (Å²) in [5, 5.41) is 19.4. The van der Waals surface area contributed by atoms with Crippen LogP contribution in [0.2, 0.25) is 0 Å². The van der Waals surface area contributed by atoms with Crippen LogP contribution in [0.5, 0.6) is 11.5 Å². The van der Waals surface area contributed by atoms with Crippen molar-refractivity contribution < 1.29 is 14.6 Å². The van der Waals surface area contributed by atoms with E-state index in [1.165, 1.54) is 13.2 Å². The minimum Gasteiger partial charge on any atom is -0.503 e. The van der Waals surface area contributed by atoms with E-state index in [1.54, 1.807) is 12.1 Å². The second-order valence-corrected chi connectivity index (χ2v) is 6.84. The number of halogens is 1. The van der Waals surface area contributed by atoms with E-state index in [9.17, 15) is 15.2 Å². The first-order valence-electron chi connectivity index (χ1n) is 8.23. The van der Waals surface area contributed by atoms with Crippen molar-refractivity contribution in [1.82, 2.24) is 4.57 Å². The number of methoxy groups -OCH3 is 1. The predicted octanol–water partition coefficient (Wildman–Crippen LogP) is 4.78. The van der Waals surface area contributed by atoms with Gasteiger partial charge in [0.25, 0.3) is 0 Å². The summed E-state index contributed by atoms with van der Waals surface area (Å²) in [7, 11) is 1.44. The molecule has 1 aromatic carbocycles. The molecule has 0 radical (unpaired) electrons. The molecule has 0 saturated heterocycles. The van der Waals surface area contributed by atoms with Gasteiger partial charge in [0, 0.05) is 23.5 Å². The van der Waals surface area contributed by atoms with E-state index in [4.69, 9.17) is 4.74 Å². The van der Waals surface area contributed by atoms with Crippen LogP contribution in [-0.2, 0) is 6.54 Å². The van der Waals surface area contributed by atoms with Gasteiger partial charge in [-0.05, 0) is 66.0 Å². The number of nitriles is 1. The van der Waals surface area contributed by atoms with Gasteiger partial charge in [0.1, 0.15) is 11.6 Å². The molecule has 0 aliphatic heterocycles. The van der Waals surface area contributed by atoms with Gasteiger partial charge in [0.2, 0.25) is 5.78 Å². The minimum absolute atomic E-state index is 0.0291. The van der Waals surface area contributed by atoms with Gasteiger partial charge in [-0.1, -0.05) is 6.92 Å². The van der Waals surface area contributed by atoms with Crippen molar-refractivity contribution in [3.8, 4) is 17.6 Å². The van der Waals surface area contributed by atoms with Crippen molar-refractivity contribution in [1.29, 1.82) is 5.26 Å². The molecule has 0 spiro atoms. The van der Waals surface area contributed by atoms with Gasteiger partial charge in [0.05, 0.1) is 11.6 Å². The molecule has 136 valence electrons. The molecule has 0 aliphatic carbocycles. The highest BCUT2D eigenvalue weighted by Crippen LogP contribution is 2.36. The van der Waals surface area contributed by atoms with Crippen molar-refractivity contribution in [2.75, 3.05) is 7.11 Å². The van der Waals surface area contributed by atoms with Crippen LogP contribution in [0.3, 0.4) is 0 Å². The zero-order chi connectivity index (χ0) is 19.4. The molecule has 6 heteroatoms. The van der Waals surface area contributed by atoms with Gasteiger partial charge < -0.3 is 14.4 Å². The Morgan fingerprint density at radius 3 is 2.65 bits per heavy atom. The molecule has 0 fully saturated rings. The van der Waals surface area contributed by atoms with E-state index in [0.717, 1.165) is 24.4 Å². The van der Waals surface area contributed by atoms with Crippen molar-refractivity contribution in [2.24, 2.45) is 0 Å². The second-order valence-electron chi connectivity index (χ2n) is 5.99. The van der Waals surface area contributed by atoms with Crippen molar-refractivity contribution in [2.45, 2.75) is 33.7 Å². The van der Waals surface area contributed by atoms with Crippen molar-refractivity contribution in [3.63, 3.8) is 0 Å². The predicted molar refractivity (Wildman–Crippen MR) is 104 cm³/mol. The number of carbonyl (C=O) groups excluding carboxylic acids is 1. The molecular weight excluding hydrogens is 396 g/mol. The minimum atomic E-state index is -0.314. The Kier molecular flexibility index (Phi) is 6.27. The fourth-order valence-electron chi connectivity index (χ4n) is 2.89. The summed E-state index contributed by atoms with van der Waals surface area (Å²) in [6, 6.07) is 7.02. The molecule has 0 amide bonds. The van der Waals surface area contributed by atoms with Gasteiger partial charge in [-0.25, -0.2) is 0 Å². The molecule has 0 aliphatic rings. The number of Topliss-reactive ketones (excluding diaryl/α,β-unsaturated/α-hetero) is 1. The number of aromatic hydroxyl groups is 1. The molecule has 26 heavy (non-hydrogen) atoms. The Morgan fingerprint density at radius 1 is 1.38 bits per heavy atom. The van der Waals surface area contributed by atoms with Crippen molar-refractivity contribution in [3.05, 3.63) is 50.8 Å². The lowest BCUT2D eigenvalue weighted by molar-refractivity contribution is 0.103. The van der Waals surface area contributed by atoms with E-state index in [-0.39, 0.29) is 22.9 Å². The van der Waals surface area contributed by atoms with Gasteiger partial charge in [-0.2, -0.15) is 5.26 Å². The molecule has 1 N–H and O–H groups in total. The summed E-state index contributed by atoms with van der Waals surface area (Å²) < 4.78 is 7.62. The monoisotopic (exact) mass is 416 g/mol. The highest BCUT2D eigenvalue weighted by Gasteiger charge is 2.19. The number of ether oxygens (including phenoxy) is 1. The number of nitrogens with zero attached hydrogens (tertiary/aromatic N) is 2. The highest BCUT2D eigenvalue weighted by molar-refractivity contribution is 9.10. The molecule has 1 aromatic heterocycles. The Labute approximate surface area is 161 Å². The van der Waals surface area contributed by atoms with Gasteiger partial charge in [0.15, 0.2) is 11.5 Å². The third-order valence-electron chi connectivity index (χ3n) is 4.21. The van der Waals surface area contributed by atoms with Gasteiger partial charge in [-0.15, -0.1) is 0 Å². The van der Waals surface area contributed by atoms with E-state index < -0.39 is 0 Å². The molecule has 2 aromatic rings.